The Hall–Kier alpha value is -1.39. The molecular formula is C13H13ClN2OS. The van der Waals surface area contributed by atoms with E-state index in [1.807, 2.05) is 24.4 Å². The molecule has 0 radical (unpaired) electrons. The minimum Gasteiger partial charge on any atom is -0.350 e. The van der Waals surface area contributed by atoms with E-state index >= 15 is 0 Å². The number of aromatic nitrogens is 1. The summed E-state index contributed by atoms with van der Waals surface area (Å²) in [6, 6.07) is 7.32. The van der Waals surface area contributed by atoms with Gasteiger partial charge in [0, 0.05) is 10.4 Å². The van der Waals surface area contributed by atoms with Gasteiger partial charge in [-0.15, -0.1) is 11.3 Å². The number of amides is 1. The van der Waals surface area contributed by atoms with E-state index in [1.54, 1.807) is 23.5 Å². The zero-order chi connectivity index (χ0) is 13.0. The van der Waals surface area contributed by atoms with Gasteiger partial charge < -0.3 is 5.32 Å². The van der Waals surface area contributed by atoms with Crippen LogP contribution in [0.2, 0.25) is 5.02 Å². The second kappa shape index (κ2) is 5.98. The van der Waals surface area contributed by atoms with Gasteiger partial charge in [-0.05, 0) is 24.6 Å². The van der Waals surface area contributed by atoms with Gasteiger partial charge in [-0.3, -0.25) is 4.79 Å². The standard InChI is InChI=1S/C13H13ClN2OS/c1-9-16-12(8-18-9)7-15-13(17)6-10-3-2-4-11(14)5-10/h2-5,8H,6-7H2,1H3,(H,15,17). The quantitative estimate of drug-likeness (QED) is 0.935. The van der Waals surface area contributed by atoms with Crippen LogP contribution in [0.4, 0.5) is 0 Å². The van der Waals surface area contributed by atoms with Gasteiger partial charge in [0.2, 0.25) is 5.91 Å². The normalized spacial score (nSPS) is 10.3. The van der Waals surface area contributed by atoms with Gasteiger partial charge in [-0.25, -0.2) is 4.98 Å². The molecule has 94 valence electrons. The first-order valence-electron chi connectivity index (χ1n) is 5.55. The SMILES string of the molecule is Cc1nc(CNC(=O)Cc2cccc(Cl)c2)cs1. The first kappa shape index (κ1) is 13.1. The van der Waals surface area contributed by atoms with Crippen LogP contribution in [-0.4, -0.2) is 10.9 Å². The Morgan fingerprint density at radius 2 is 2.33 bits per heavy atom. The molecule has 1 aromatic heterocycles. The van der Waals surface area contributed by atoms with E-state index in [2.05, 4.69) is 10.3 Å². The van der Waals surface area contributed by atoms with E-state index in [4.69, 9.17) is 11.6 Å². The van der Waals surface area contributed by atoms with Crippen LogP contribution in [0.25, 0.3) is 0 Å². The third-order valence-electron chi connectivity index (χ3n) is 2.39. The maximum atomic E-state index is 11.7. The number of nitrogens with zero attached hydrogens (tertiary/aromatic N) is 1. The van der Waals surface area contributed by atoms with Crippen molar-refractivity contribution in [1.82, 2.24) is 10.3 Å². The molecule has 0 unspecified atom stereocenters. The molecule has 0 bridgehead atoms. The van der Waals surface area contributed by atoms with E-state index in [-0.39, 0.29) is 5.91 Å². The first-order valence-corrected chi connectivity index (χ1v) is 6.81. The van der Waals surface area contributed by atoms with Crippen LogP contribution in [0.1, 0.15) is 16.3 Å². The highest BCUT2D eigenvalue weighted by Crippen LogP contribution is 2.11. The molecule has 0 aliphatic heterocycles. The molecule has 1 N–H and O–H groups in total. The molecule has 0 saturated carbocycles. The van der Waals surface area contributed by atoms with Crippen LogP contribution in [0.3, 0.4) is 0 Å². The number of hydrogen-bond donors (Lipinski definition) is 1. The summed E-state index contributed by atoms with van der Waals surface area (Å²) in [6.45, 7) is 2.42. The van der Waals surface area contributed by atoms with Crippen molar-refractivity contribution < 1.29 is 4.79 Å². The molecule has 0 atom stereocenters. The third kappa shape index (κ3) is 3.82. The lowest BCUT2D eigenvalue weighted by molar-refractivity contribution is -0.120. The number of hydrogen-bond acceptors (Lipinski definition) is 3. The summed E-state index contributed by atoms with van der Waals surface area (Å²) in [5.74, 6) is -0.0251. The van der Waals surface area contributed by atoms with Gasteiger partial charge in [0.05, 0.1) is 23.7 Å². The minimum atomic E-state index is -0.0251. The Morgan fingerprint density at radius 3 is 3.00 bits per heavy atom. The highest BCUT2D eigenvalue weighted by molar-refractivity contribution is 7.09. The molecule has 3 nitrogen and oxygen atoms in total. The predicted octanol–water partition coefficient (Wildman–Crippen LogP) is 2.96. The van der Waals surface area contributed by atoms with Gasteiger partial charge in [0.1, 0.15) is 0 Å². The summed E-state index contributed by atoms with van der Waals surface area (Å²) in [4.78, 5) is 16.0. The maximum absolute atomic E-state index is 11.7. The van der Waals surface area contributed by atoms with Crippen molar-refractivity contribution in [2.24, 2.45) is 0 Å². The third-order valence-corrected chi connectivity index (χ3v) is 3.44. The lowest BCUT2D eigenvalue weighted by atomic mass is 10.1. The van der Waals surface area contributed by atoms with Crippen LogP contribution in [0.5, 0.6) is 0 Å². The molecule has 0 saturated heterocycles. The Labute approximate surface area is 115 Å². The molecule has 2 aromatic rings. The smallest absolute Gasteiger partial charge is 0.224 e. The molecule has 1 aromatic carbocycles. The second-order valence-corrected chi connectivity index (χ2v) is 5.44. The van der Waals surface area contributed by atoms with Gasteiger partial charge >= 0.3 is 0 Å². The monoisotopic (exact) mass is 280 g/mol. The fourth-order valence-electron chi connectivity index (χ4n) is 1.57. The van der Waals surface area contributed by atoms with E-state index in [0.29, 0.717) is 18.0 Å². The van der Waals surface area contributed by atoms with Gasteiger partial charge in [-0.1, -0.05) is 23.7 Å². The summed E-state index contributed by atoms with van der Waals surface area (Å²) in [5.41, 5.74) is 1.81. The molecule has 18 heavy (non-hydrogen) atoms. The molecule has 0 fully saturated rings. The van der Waals surface area contributed by atoms with Crippen molar-refractivity contribution >= 4 is 28.8 Å². The summed E-state index contributed by atoms with van der Waals surface area (Å²) < 4.78 is 0. The number of benzene rings is 1. The predicted molar refractivity (Wildman–Crippen MR) is 73.9 cm³/mol. The number of halogens is 1. The van der Waals surface area contributed by atoms with E-state index in [9.17, 15) is 4.79 Å². The molecule has 0 aliphatic rings. The fraction of sp³-hybridized carbons (Fsp3) is 0.231. The van der Waals surface area contributed by atoms with Crippen molar-refractivity contribution in [2.75, 3.05) is 0 Å². The molecular weight excluding hydrogens is 268 g/mol. The van der Waals surface area contributed by atoms with Crippen molar-refractivity contribution in [1.29, 1.82) is 0 Å². The highest BCUT2D eigenvalue weighted by atomic mass is 35.5. The first-order chi connectivity index (χ1) is 8.63. The summed E-state index contributed by atoms with van der Waals surface area (Å²) >= 11 is 7.45. The maximum Gasteiger partial charge on any atom is 0.224 e. The van der Waals surface area contributed by atoms with Gasteiger partial charge in [0.15, 0.2) is 0 Å². The Morgan fingerprint density at radius 1 is 1.50 bits per heavy atom. The van der Waals surface area contributed by atoms with Crippen LogP contribution in [0, 0.1) is 6.92 Å². The largest absolute Gasteiger partial charge is 0.350 e. The number of nitrogens with one attached hydrogen (secondary N) is 1. The number of aryl methyl sites for hydroxylation is 1. The topological polar surface area (TPSA) is 42.0 Å². The van der Waals surface area contributed by atoms with Crippen LogP contribution in [-0.2, 0) is 17.8 Å². The van der Waals surface area contributed by atoms with Gasteiger partial charge in [0.25, 0.3) is 0 Å². The van der Waals surface area contributed by atoms with Gasteiger partial charge in [-0.2, -0.15) is 0 Å². The average Bonchev–Trinajstić information content (AvgIpc) is 2.73. The zero-order valence-electron chi connectivity index (χ0n) is 9.94. The molecule has 0 spiro atoms. The van der Waals surface area contributed by atoms with Crippen molar-refractivity contribution in [2.45, 2.75) is 19.9 Å². The Kier molecular flexibility index (Phi) is 4.33. The molecule has 1 heterocycles. The highest BCUT2D eigenvalue weighted by Gasteiger charge is 2.05. The van der Waals surface area contributed by atoms with E-state index < -0.39 is 0 Å². The summed E-state index contributed by atoms with van der Waals surface area (Å²) in [6.07, 6.45) is 0.337. The second-order valence-electron chi connectivity index (χ2n) is 3.94. The van der Waals surface area contributed by atoms with Crippen molar-refractivity contribution in [3.8, 4) is 0 Å². The fourth-order valence-corrected chi connectivity index (χ4v) is 2.40. The van der Waals surface area contributed by atoms with Crippen molar-refractivity contribution in [3.05, 3.63) is 50.9 Å². The number of carbonyl (C=O) groups excluding carboxylic acids is 1. The Balaban J connectivity index is 1.85. The van der Waals surface area contributed by atoms with Crippen molar-refractivity contribution in [3.63, 3.8) is 0 Å². The number of thiazole rings is 1. The summed E-state index contributed by atoms with van der Waals surface area (Å²) in [5, 5.41) is 6.45. The molecule has 5 heteroatoms. The zero-order valence-corrected chi connectivity index (χ0v) is 11.5. The van der Waals surface area contributed by atoms with Crippen LogP contribution >= 0.6 is 22.9 Å². The Bertz CT molecular complexity index is 553. The summed E-state index contributed by atoms with van der Waals surface area (Å²) in [7, 11) is 0. The van der Waals surface area contributed by atoms with E-state index in [1.165, 1.54) is 0 Å². The van der Waals surface area contributed by atoms with Crippen LogP contribution < -0.4 is 5.32 Å². The van der Waals surface area contributed by atoms with Crippen LogP contribution in [0.15, 0.2) is 29.6 Å². The number of carbonyl (C=O) groups is 1. The lowest BCUT2D eigenvalue weighted by Crippen LogP contribution is -2.24. The van der Waals surface area contributed by atoms with E-state index in [0.717, 1.165) is 16.3 Å². The molecule has 1 amide bonds. The minimum absolute atomic E-state index is 0.0251. The molecule has 2 rings (SSSR count). The average molecular weight is 281 g/mol. The molecule has 0 aliphatic carbocycles. The lowest BCUT2D eigenvalue weighted by Gasteiger charge is -2.03. The number of rotatable bonds is 4.